The van der Waals surface area contributed by atoms with E-state index in [1.54, 1.807) is 6.07 Å². The average molecular weight is 668 g/mol. The summed E-state index contributed by atoms with van der Waals surface area (Å²) >= 11 is 0. The molecule has 4 N–H and O–H groups in total. The molecule has 3 aromatic rings. The van der Waals surface area contributed by atoms with Crippen LogP contribution in [0.5, 0.6) is 0 Å². The lowest BCUT2D eigenvalue weighted by atomic mass is 10.0. The van der Waals surface area contributed by atoms with E-state index in [0.29, 0.717) is 63.1 Å². The summed E-state index contributed by atoms with van der Waals surface area (Å²) in [6.07, 6.45) is -0.730. The zero-order valence-corrected chi connectivity index (χ0v) is 27.3. The Morgan fingerprint density at radius 3 is 2.33 bits per heavy atom. The molecule has 2 aliphatic rings. The van der Waals surface area contributed by atoms with Crippen molar-refractivity contribution >= 4 is 23.2 Å². The Bertz CT molecular complexity index is 1630. The van der Waals surface area contributed by atoms with Gasteiger partial charge in [0.15, 0.2) is 0 Å². The maximum absolute atomic E-state index is 13.8. The first-order chi connectivity index (χ1) is 23.0. The topological polar surface area (TPSA) is 118 Å². The first kappa shape index (κ1) is 35.1. The smallest absolute Gasteiger partial charge is 0.367 e. The van der Waals surface area contributed by atoms with Crippen LogP contribution in [0, 0.1) is 0 Å². The van der Waals surface area contributed by atoms with Gasteiger partial charge in [-0.05, 0) is 61.3 Å². The Balaban J connectivity index is 1.33. The molecular weight excluding hydrogens is 623 g/mol. The van der Waals surface area contributed by atoms with Crippen LogP contribution in [0.3, 0.4) is 0 Å². The predicted octanol–water partition coefficient (Wildman–Crippen LogP) is 4.23. The minimum atomic E-state index is -4.88. The van der Waals surface area contributed by atoms with E-state index in [9.17, 15) is 27.6 Å². The van der Waals surface area contributed by atoms with Crippen LogP contribution < -0.4 is 21.5 Å². The van der Waals surface area contributed by atoms with Crippen LogP contribution in [-0.4, -0.2) is 97.4 Å². The number of carbonyl (C=O) groups excluding carboxylic acids is 2. The molecule has 5 rings (SSSR count). The molecule has 0 spiro atoms. The third kappa shape index (κ3) is 9.03. The van der Waals surface area contributed by atoms with Gasteiger partial charge in [-0.25, -0.2) is 0 Å². The minimum Gasteiger partial charge on any atom is -0.367 e. The second kappa shape index (κ2) is 15.8. The van der Waals surface area contributed by atoms with Gasteiger partial charge in [0.1, 0.15) is 0 Å². The molecule has 258 valence electrons. The minimum absolute atomic E-state index is 0.201. The number of rotatable bonds is 11. The van der Waals surface area contributed by atoms with E-state index in [1.165, 1.54) is 0 Å². The van der Waals surface area contributed by atoms with Gasteiger partial charge in [0, 0.05) is 77.6 Å². The summed E-state index contributed by atoms with van der Waals surface area (Å²) in [4.78, 5) is 48.4. The van der Waals surface area contributed by atoms with E-state index in [4.69, 9.17) is 5.73 Å². The largest absolute Gasteiger partial charge is 0.417 e. The number of piperazine rings is 2. The Labute approximate surface area is 278 Å². The van der Waals surface area contributed by atoms with Crippen molar-refractivity contribution in [2.24, 2.45) is 5.73 Å². The van der Waals surface area contributed by atoms with Gasteiger partial charge in [0.05, 0.1) is 22.5 Å². The van der Waals surface area contributed by atoms with E-state index in [1.807, 2.05) is 36.2 Å². The van der Waals surface area contributed by atoms with E-state index >= 15 is 0 Å². The molecule has 0 aliphatic carbocycles. The van der Waals surface area contributed by atoms with Crippen LogP contribution in [0.1, 0.15) is 47.2 Å². The number of alkyl halides is 3. The third-order valence-electron chi connectivity index (χ3n) is 9.05. The molecule has 10 nitrogen and oxygen atoms in total. The molecule has 2 amide bonds. The number of aromatic amines is 1. The predicted molar refractivity (Wildman–Crippen MR) is 181 cm³/mol. The summed E-state index contributed by atoms with van der Waals surface area (Å²) in [5, 5.41) is 2.73. The summed E-state index contributed by atoms with van der Waals surface area (Å²) < 4.78 is 41.3. The van der Waals surface area contributed by atoms with E-state index in [0.717, 1.165) is 68.3 Å². The number of benzene rings is 2. The van der Waals surface area contributed by atoms with Crippen LogP contribution in [-0.2, 0) is 17.5 Å². The molecule has 3 heterocycles. The SMILES string of the molecule is CN1CCN(c2ccc(-c3cccc(CN4CCN(C(=O)CCCCCN)CC4)c3)cc2NC(=O)c2c[nH]c(=O)cc2C(F)(F)F)CC1. The number of H-pyrrole nitrogens is 1. The fourth-order valence-corrected chi connectivity index (χ4v) is 6.24. The van der Waals surface area contributed by atoms with E-state index in [2.05, 4.69) is 37.1 Å². The average Bonchev–Trinajstić information content (AvgIpc) is 3.07. The molecule has 2 saturated heterocycles. The molecule has 0 bridgehead atoms. The highest BCUT2D eigenvalue weighted by Crippen LogP contribution is 2.35. The molecule has 2 fully saturated rings. The maximum atomic E-state index is 13.8. The maximum Gasteiger partial charge on any atom is 0.417 e. The van der Waals surface area contributed by atoms with Crippen LogP contribution in [0.2, 0.25) is 0 Å². The fourth-order valence-electron chi connectivity index (χ4n) is 6.24. The van der Waals surface area contributed by atoms with Crippen LogP contribution in [0.25, 0.3) is 11.1 Å². The number of nitrogens with two attached hydrogens (primary N) is 1. The van der Waals surface area contributed by atoms with Crippen molar-refractivity contribution in [2.45, 2.75) is 38.4 Å². The van der Waals surface area contributed by atoms with Crippen molar-refractivity contribution in [3.8, 4) is 11.1 Å². The lowest BCUT2D eigenvalue weighted by molar-refractivity contribution is -0.138. The molecule has 0 radical (unpaired) electrons. The molecule has 13 heteroatoms. The summed E-state index contributed by atoms with van der Waals surface area (Å²) in [5.41, 5.74) is 6.54. The number of likely N-dealkylation sites (N-methyl/N-ethyl adjacent to an activating group) is 1. The molecular formula is C35H44F3N7O3. The van der Waals surface area contributed by atoms with Gasteiger partial charge in [-0.3, -0.25) is 19.3 Å². The number of carbonyl (C=O) groups is 2. The first-order valence-corrected chi connectivity index (χ1v) is 16.5. The number of halogens is 3. The zero-order valence-electron chi connectivity index (χ0n) is 27.3. The molecule has 2 aromatic carbocycles. The van der Waals surface area contributed by atoms with Crippen LogP contribution in [0.4, 0.5) is 24.5 Å². The number of pyridine rings is 1. The lowest BCUT2D eigenvalue weighted by Crippen LogP contribution is -2.48. The van der Waals surface area contributed by atoms with Gasteiger partial charge in [0.25, 0.3) is 5.91 Å². The van der Waals surface area contributed by atoms with Gasteiger partial charge in [-0.15, -0.1) is 0 Å². The van der Waals surface area contributed by atoms with Gasteiger partial charge in [-0.2, -0.15) is 13.2 Å². The first-order valence-electron chi connectivity index (χ1n) is 16.5. The number of nitrogens with zero attached hydrogens (tertiary/aromatic N) is 4. The van der Waals surface area contributed by atoms with Crippen molar-refractivity contribution in [3.63, 3.8) is 0 Å². The number of unbranched alkanes of at least 4 members (excludes halogenated alkanes) is 2. The number of anilines is 2. The van der Waals surface area contributed by atoms with E-state index < -0.39 is 28.8 Å². The molecule has 48 heavy (non-hydrogen) atoms. The lowest BCUT2D eigenvalue weighted by Gasteiger charge is -2.35. The molecule has 0 atom stereocenters. The number of hydrogen-bond donors (Lipinski definition) is 3. The second-order valence-corrected chi connectivity index (χ2v) is 12.6. The normalized spacial score (nSPS) is 16.3. The van der Waals surface area contributed by atoms with Crippen molar-refractivity contribution in [3.05, 3.63) is 81.8 Å². The number of hydrogen-bond acceptors (Lipinski definition) is 7. The molecule has 0 saturated carbocycles. The number of amides is 2. The van der Waals surface area contributed by atoms with Crippen molar-refractivity contribution in [1.29, 1.82) is 0 Å². The fraction of sp³-hybridized carbons (Fsp3) is 0.457. The zero-order chi connectivity index (χ0) is 34.3. The van der Waals surface area contributed by atoms with Crippen molar-refractivity contribution in [2.75, 3.05) is 76.2 Å². The quantitative estimate of drug-likeness (QED) is 0.262. The Morgan fingerprint density at radius 1 is 0.896 bits per heavy atom. The van der Waals surface area contributed by atoms with Gasteiger partial charge < -0.3 is 30.7 Å². The highest BCUT2D eigenvalue weighted by atomic mass is 19.4. The summed E-state index contributed by atoms with van der Waals surface area (Å²) in [7, 11) is 2.02. The van der Waals surface area contributed by atoms with Crippen molar-refractivity contribution in [1.82, 2.24) is 19.7 Å². The van der Waals surface area contributed by atoms with Gasteiger partial charge >= 0.3 is 6.18 Å². The second-order valence-electron chi connectivity index (χ2n) is 12.6. The summed E-state index contributed by atoms with van der Waals surface area (Å²) in [6, 6.07) is 14.1. The summed E-state index contributed by atoms with van der Waals surface area (Å²) in [6.45, 7) is 7.27. The third-order valence-corrected chi connectivity index (χ3v) is 9.05. The number of aromatic nitrogens is 1. The van der Waals surface area contributed by atoms with E-state index in [-0.39, 0.29) is 5.91 Å². The van der Waals surface area contributed by atoms with Gasteiger partial charge in [-0.1, -0.05) is 30.7 Å². The Kier molecular flexibility index (Phi) is 11.6. The molecule has 2 aliphatic heterocycles. The Hall–Kier alpha value is -4.20. The highest BCUT2D eigenvalue weighted by molar-refractivity contribution is 6.07. The van der Waals surface area contributed by atoms with Crippen LogP contribution >= 0.6 is 0 Å². The van der Waals surface area contributed by atoms with Gasteiger partial charge in [0.2, 0.25) is 11.5 Å². The molecule has 0 unspecified atom stereocenters. The monoisotopic (exact) mass is 667 g/mol. The molecule has 1 aromatic heterocycles. The summed E-state index contributed by atoms with van der Waals surface area (Å²) in [5.74, 6) is -0.764. The Morgan fingerprint density at radius 2 is 1.62 bits per heavy atom. The highest BCUT2D eigenvalue weighted by Gasteiger charge is 2.36. The van der Waals surface area contributed by atoms with Crippen molar-refractivity contribution < 1.29 is 22.8 Å². The van der Waals surface area contributed by atoms with Crippen LogP contribution in [0.15, 0.2) is 59.5 Å². The standard InChI is InChI=1S/C35H44F3N7O3/c1-42-12-16-44(17-13-42)31-10-9-27(21-30(31)41-34(48)28-23-40-32(46)22-29(28)35(36,37)38)26-7-5-6-25(20-26)24-43-14-18-45(19-15-43)33(47)8-3-2-4-11-39/h5-7,9-10,20-23H,2-4,8,11-19,24,39H2,1H3,(H,40,46)(H,41,48). The number of nitrogens with one attached hydrogen (secondary N) is 2.